The summed E-state index contributed by atoms with van der Waals surface area (Å²) in [5.41, 5.74) is 3.03. The van der Waals surface area contributed by atoms with Gasteiger partial charge in [-0.05, 0) is 60.7 Å². The summed E-state index contributed by atoms with van der Waals surface area (Å²) in [5.74, 6) is -0.0192. The Morgan fingerprint density at radius 1 is 0.926 bits per heavy atom. The summed E-state index contributed by atoms with van der Waals surface area (Å²) < 4.78 is 0. The van der Waals surface area contributed by atoms with Crippen LogP contribution in [0, 0.1) is 0 Å². The molecular weight excluding hydrogens is 332 g/mol. The molecule has 3 heteroatoms. The predicted octanol–water partition coefficient (Wildman–Crippen LogP) is 5.32. The number of hydrogen-bond donors (Lipinski definition) is 1. The summed E-state index contributed by atoms with van der Waals surface area (Å²) in [4.78, 5) is 15.3. The number of nitrogens with zero attached hydrogens (tertiary/aromatic N) is 1. The van der Waals surface area contributed by atoms with Crippen molar-refractivity contribution in [1.82, 2.24) is 5.32 Å². The van der Waals surface area contributed by atoms with E-state index in [9.17, 15) is 4.79 Å². The highest BCUT2D eigenvalue weighted by molar-refractivity contribution is 5.96. The highest BCUT2D eigenvalue weighted by atomic mass is 16.1. The van der Waals surface area contributed by atoms with Gasteiger partial charge in [0, 0.05) is 24.3 Å². The lowest BCUT2D eigenvalue weighted by Crippen LogP contribution is -2.30. The molecule has 27 heavy (non-hydrogen) atoms. The molecule has 0 bridgehead atoms. The van der Waals surface area contributed by atoms with Crippen molar-refractivity contribution in [2.75, 3.05) is 18.0 Å². The Morgan fingerprint density at radius 3 is 2.52 bits per heavy atom. The minimum absolute atomic E-state index is 0.0192. The first-order valence-electron chi connectivity index (χ1n) is 9.86. The van der Waals surface area contributed by atoms with Crippen LogP contribution in [0.15, 0.2) is 66.7 Å². The molecule has 0 aromatic heterocycles. The Morgan fingerprint density at radius 2 is 1.67 bits per heavy atom. The van der Waals surface area contributed by atoms with Gasteiger partial charge in [0.25, 0.3) is 5.91 Å². The molecule has 1 atom stereocenters. The van der Waals surface area contributed by atoms with Crippen molar-refractivity contribution in [3.8, 4) is 0 Å². The van der Waals surface area contributed by atoms with Gasteiger partial charge in [0.05, 0.1) is 6.04 Å². The van der Waals surface area contributed by atoms with Crippen LogP contribution in [0.25, 0.3) is 10.8 Å². The van der Waals surface area contributed by atoms with Crippen LogP contribution in [-0.2, 0) is 0 Å². The van der Waals surface area contributed by atoms with E-state index in [4.69, 9.17) is 0 Å². The fourth-order valence-electron chi connectivity index (χ4n) is 3.98. The van der Waals surface area contributed by atoms with E-state index in [1.54, 1.807) is 0 Å². The van der Waals surface area contributed by atoms with E-state index in [-0.39, 0.29) is 11.9 Å². The second kappa shape index (κ2) is 7.83. The average Bonchev–Trinajstić information content (AvgIpc) is 2.74. The number of amides is 1. The van der Waals surface area contributed by atoms with E-state index < -0.39 is 0 Å². The van der Waals surface area contributed by atoms with Crippen LogP contribution in [0.4, 0.5) is 5.69 Å². The van der Waals surface area contributed by atoms with Gasteiger partial charge >= 0.3 is 0 Å². The maximum absolute atomic E-state index is 12.9. The fourth-order valence-corrected chi connectivity index (χ4v) is 3.98. The number of nitrogens with one attached hydrogen (secondary N) is 1. The Hall–Kier alpha value is -2.81. The molecule has 1 aliphatic heterocycles. The zero-order valence-electron chi connectivity index (χ0n) is 15.8. The summed E-state index contributed by atoms with van der Waals surface area (Å²) in [6.07, 6.45) is 3.77. The van der Waals surface area contributed by atoms with Gasteiger partial charge in [-0.25, -0.2) is 0 Å². The van der Waals surface area contributed by atoms with Crippen molar-refractivity contribution in [1.29, 1.82) is 0 Å². The number of anilines is 1. The standard InChI is InChI=1S/C24H26N2O/c1-18(22-14-8-10-19-9-3-4-13-23(19)22)25-24(27)20-11-7-12-21(17-20)26-15-5-2-6-16-26/h3-4,7-14,17-18H,2,5-6,15-16H2,1H3,(H,25,27). The molecule has 0 spiro atoms. The number of carbonyl (C=O) groups excluding carboxylic acids is 1. The van der Waals surface area contributed by atoms with Gasteiger partial charge in [-0.1, -0.05) is 48.5 Å². The molecule has 1 amide bonds. The van der Waals surface area contributed by atoms with Crippen LogP contribution < -0.4 is 10.2 Å². The summed E-state index contributed by atoms with van der Waals surface area (Å²) in [6, 6.07) is 22.5. The van der Waals surface area contributed by atoms with E-state index in [1.807, 2.05) is 37.3 Å². The predicted molar refractivity (Wildman–Crippen MR) is 112 cm³/mol. The first-order valence-corrected chi connectivity index (χ1v) is 9.86. The molecule has 1 heterocycles. The summed E-state index contributed by atoms with van der Waals surface area (Å²) in [5, 5.41) is 5.56. The molecule has 138 valence electrons. The first kappa shape index (κ1) is 17.6. The van der Waals surface area contributed by atoms with Gasteiger partial charge in [-0.15, -0.1) is 0 Å². The highest BCUT2D eigenvalue weighted by Crippen LogP contribution is 2.25. The van der Waals surface area contributed by atoms with Gasteiger partial charge in [-0.2, -0.15) is 0 Å². The summed E-state index contributed by atoms with van der Waals surface area (Å²) in [6.45, 7) is 4.21. The van der Waals surface area contributed by atoms with E-state index in [1.165, 1.54) is 30.0 Å². The van der Waals surface area contributed by atoms with E-state index in [2.05, 4.69) is 46.6 Å². The number of piperidine rings is 1. The average molecular weight is 358 g/mol. The first-order chi connectivity index (χ1) is 13.2. The van der Waals surface area contributed by atoms with Gasteiger partial charge in [-0.3, -0.25) is 4.79 Å². The van der Waals surface area contributed by atoms with Crippen molar-refractivity contribution in [2.45, 2.75) is 32.2 Å². The smallest absolute Gasteiger partial charge is 0.251 e. The Bertz CT molecular complexity index is 939. The van der Waals surface area contributed by atoms with Crippen LogP contribution in [0.1, 0.15) is 48.1 Å². The van der Waals surface area contributed by atoms with Gasteiger partial charge < -0.3 is 10.2 Å². The molecule has 1 saturated heterocycles. The molecule has 1 aliphatic rings. The van der Waals surface area contributed by atoms with Crippen molar-refractivity contribution in [2.24, 2.45) is 0 Å². The lowest BCUT2D eigenvalue weighted by atomic mass is 9.99. The molecule has 4 rings (SSSR count). The Kier molecular flexibility index (Phi) is 5.10. The quantitative estimate of drug-likeness (QED) is 0.684. The maximum Gasteiger partial charge on any atom is 0.251 e. The second-order valence-electron chi connectivity index (χ2n) is 7.36. The number of fused-ring (bicyclic) bond motifs is 1. The zero-order valence-corrected chi connectivity index (χ0v) is 15.8. The molecule has 0 aliphatic carbocycles. The third-order valence-electron chi connectivity index (χ3n) is 5.47. The molecule has 3 aromatic rings. The lowest BCUT2D eigenvalue weighted by molar-refractivity contribution is 0.0940. The molecule has 1 fully saturated rings. The van der Waals surface area contributed by atoms with E-state index in [0.717, 1.165) is 29.9 Å². The van der Waals surface area contributed by atoms with Crippen LogP contribution in [0.3, 0.4) is 0 Å². The second-order valence-corrected chi connectivity index (χ2v) is 7.36. The minimum atomic E-state index is -0.0535. The van der Waals surface area contributed by atoms with Crippen molar-refractivity contribution < 1.29 is 4.79 Å². The lowest BCUT2D eigenvalue weighted by Gasteiger charge is -2.29. The molecule has 1 unspecified atom stereocenters. The summed E-state index contributed by atoms with van der Waals surface area (Å²) in [7, 11) is 0. The highest BCUT2D eigenvalue weighted by Gasteiger charge is 2.16. The third kappa shape index (κ3) is 3.82. The SMILES string of the molecule is CC(NC(=O)c1cccc(N2CCCCC2)c1)c1cccc2ccccc12. The van der Waals surface area contributed by atoms with E-state index in [0.29, 0.717) is 0 Å². The fraction of sp³-hybridized carbons (Fsp3) is 0.292. The number of benzene rings is 3. The number of hydrogen-bond acceptors (Lipinski definition) is 2. The summed E-state index contributed by atoms with van der Waals surface area (Å²) >= 11 is 0. The van der Waals surface area contributed by atoms with Crippen LogP contribution in [0.2, 0.25) is 0 Å². The molecule has 0 saturated carbocycles. The van der Waals surface area contributed by atoms with Crippen molar-refractivity contribution >= 4 is 22.4 Å². The van der Waals surface area contributed by atoms with Gasteiger partial charge in [0.1, 0.15) is 0 Å². The van der Waals surface area contributed by atoms with Crippen molar-refractivity contribution in [3.63, 3.8) is 0 Å². The van der Waals surface area contributed by atoms with Gasteiger partial charge in [0.15, 0.2) is 0 Å². The molecule has 0 radical (unpaired) electrons. The normalized spacial score (nSPS) is 15.5. The molecule has 1 N–H and O–H groups in total. The van der Waals surface area contributed by atoms with Crippen LogP contribution in [-0.4, -0.2) is 19.0 Å². The monoisotopic (exact) mass is 358 g/mol. The zero-order chi connectivity index (χ0) is 18.6. The minimum Gasteiger partial charge on any atom is -0.372 e. The van der Waals surface area contributed by atoms with Crippen LogP contribution >= 0.6 is 0 Å². The Labute approximate surface area is 161 Å². The van der Waals surface area contributed by atoms with Crippen molar-refractivity contribution in [3.05, 3.63) is 77.9 Å². The largest absolute Gasteiger partial charge is 0.372 e. The number of rotatable bonds is 4. The molecular formula is C24H26N2O. The van der Waals surface area contributed by atoms with Gasteiger partial charge in [0.2, 0.25) is 0 Å². The van der Waals surface area contributed by atoms with E-state index >= 15 is 0 Å². The Balaban J connectivity index is 1.53. The molecule has 3 nitrogen and oxygen atoms in total. The van der Waals surface area contributed by atoms with Crippen LogP contribution in [0.5, 0.6) is 0 Å². The topological polar surface area (TPSA) is 32.3 Å². The maximum atomic E-state index is 12.9. The number of carbonyl (C=O) groups is 1. The molecule has 3 aromatic carbocycles. The third-order valence-corrected chi connectivity index (χ3v) is 5.47.